The summed E-state index contributed by atoms with van der Waals surface area (Å²) in [7, 11) is 0. The van der Waals surface area contributed by atoms with E-state index in [-0.39, 0.29) is 5.41 Å². The third-order valence-corrected chi connectivity index (χ3v) is 3.04. The van der Waals surface area contributed by atoms with Gasteiger partial charge in [0.05, 0.1) is 0 Å². The van der Waals surface area contributed by atoms with Crippen molar-refractivity contribution in [2.45, 2.75) is 31.1 Å². The first kappa shape index (κ1) is 9.57. The molecule has 0 amide bonds. The maximum Gasteiger partial charge on any atom is 0.0395 e. The van der Waals surface area contributed by atoms with Crippen molar-refractivity contribution in [2.75, 3.05) is 0 Å². The van der Waals surface area contributed by atoms with Crippen LogP contribution in [-0.4, -0.2) is 5.87 Å². The van der Waals surface area contributed by atoms with E-state index in [1.807, 2.05) is 6.08 Å². The van der Waals surface area contributed by atoms with Gasteiger partial charge in [-0.1, -0.05) is 32.9 Å². The van der Waals surface area contributed by atoms with Crippen LogP contribution in [0.5, 0.6) is 0 Å². The molecule has 0 saturated heterocycles. The highest BCUT2D eigenvalue weighted by atomic mass is 32.2. The molecule has 0 bridgehead atoms. The number of nitrogens with zero attached hydrogens (tertiary/aromatic N) is 1. The summed E-state index contributed by atoms with van der Waals surface area (Å²) in [6.07, 6.45) is 1.93. The fourth-order valence-corrected chi connectivity index (χ4v) is 1.99. The van der Waals surface area contributed by atoms with Gasteiger partial charge in [0.1, 0.15) is 0 Å². The molecule has 1 aromatic carbocycles. The van der Waals surface area contributed by atoms with Crippen LogP contribution in [0.25, 0.3) is 6.08 Å². The fraction of sp³-hybridized carbons (Fsp3) is 0.333. The molecule has 1 aliphatic rings. The first-order chi connectivity index (χ1) is 6.57. The van der Waals surface area contributed by atoms with Crippen molar-refractivity contribution in [3.05, 3.63) is 29.3 Å². The Balaban J connectivity index is 2.48. The molecule has 72 valence electrons. The fourth-order valence-electron chi connectivity index (χ4n) is 1.37. The van der Waals surface area contributed by atoms with Crippen molar-refractivity contribution >= 4 is 23.9 Å². The molecule has 0 unspecified atom stereocenters. The number of fused-ring (bicyclic) bond motifs is 1. The topological polar surface area (TPSA) is 12.4 Å². The Kier molecular flexibility index (Phi) is 2.26. The minimum atomic E-state index is 0.209. The second-order valence-corrected chi connectivity index (χ2v) is 5.26. The van der Waals surface area contributed by atoms with E-state index in [9.17, 15) is 0 Å². The molecule has 1 heterocycles. The highest BCUT2D eigenvalue weighted by Crippen LogP contribution is 2.32. The lowest BCUT2D eigenvalue weighted by Crippen LogP contribution is -2.11. The van der Waals surface area contributed by atoms with Gasteiger partial charge < -0.3 is 0 Å². The number of benzene rings is 1. The Morgan fingerprint density at radius 3 is 2.79 bits per heavy atom. The van der Waals surface area contributed by atoms with Crippen LogP contribution >= 0.6 is 11.9 Å². The second-order valence-electron chi connectivity index (χ2n) is 4.46. The lowest BCUT2D eigenvalue weighted by Gasteiger charge is -2.20. The summed E-state index contributed by atoms with van der Waals surface area (Å²) in [6.45, 7) is 6.67. The summed E-state index contributed by atoms with van der Waals surface area (Å²) in [4.78, 5) is 1.23. The zero-order chi connectivity index (χ0) is 10.2. The highest BCUT2D eigenvalue weighted by molar-refractivity contribution is 7.98. The van der Waals surface area contributed by atoms with Crippen LogP contribution in [0, 0.1) is 0 Å². The number of hydrogen-bond donors (Lipinski definition) is 0. The lowest BCUT2D eigenvalue weighted by molar-refractivity contribution is 0.588. The van der Waals surface area contributed by atoms with Gasteiger partial charge in [-0.2, -0.15) is 4.40 Å². The molecule has 1 aliphatic heterocycles. The summed E-state index contributed by atoms with van der Waals surface area (Å²) < 4.78 is 4.05. The molecule has 0 aliphatic carbocycles. The first-order valence-electron chi connectivity index (χ1n) is 4.68. The second kappa shape index (κ2) is 3.30. The Labute approximate surface area is 89.1 Å². The molecule has 0 spiro atoms. The molecule has 0 saturated carbocycles. The molecular weight excluding hydrogens is 190 g/mol. The zero-order valence-corrected chi connectivity index (χ0v) is 9.48. The average molecular weight is 203 g/mol. The van der Waals surface area contributed by atoms with E-state index in [0.29, 0.717) is 0 Å². The summed E-state index contributed by atoms with van der Waals surface area (Å²) in [6, 6.07) is 6.55. The van der Waals surface area contributed by atoms with Crippen molar-refractivity contribution in [3.63, 3.8) is 0 Å². The quantitative estimate of drug-likeness (QED) is 0.586. The van der Waals surface area contributed by atoms with Crippen molar-refractivity contribution in [2.24, 2.45) is 4.40 Å². The Hall–Kier alpha value is -0.980. The van der Waals surface area contributed by atoms with Crippen LogP contribution < -0.4 is 0 Å². The summed E-state index contributed by atoms with van der Waals surface area (Å²) >= 11 is 1.50. The van der Waals surface area contributed by atoms with Gasteiger partial charge in [-0.15, -0.1) is 0 Å². The summed E-state index contributed by atoms with van der Waals surface area (Å²) in [5, 5.41) is 0. The molecule has 14 heavy (non-hydrogen) atoms. The molecular formula is C12H13NS. The summed E-state index contributed by atoms with van der Waals surface area (Å²) in [5.74, 6) is 2.86. The van der Waals surface area contributed by atoms with Gasteiger partial charge in [0.25, 0.3) is 0 Å². The highest BCUT2D eigenvalue weighted by Gasteiger charge is 2.15. The molecule has 0 atom stereocenters. The van der Waals surface area contributed by atoms with Crippen LogP contribution in [0.2, 0.25) is 0 Å². The number of hydrogen-bond acceptors (Lipinski definition) is 2. The standard InChI is InChI=1S/C12H13NS/c1-12(2,3)10-5-4-9-6-7-13-14-11(9)8-10/h4-6,8H,1-3H3. The van der Waals surface area contributed by atoms with E-state index in [4.69, 9.17) is 0 Å². The largest absolute Gasteiger partial charge is 0.168 e. The molecule has 0 fully saturated rings. The molecule has 2 heteroatoms. The summed E-state index contributed by atoms with van der Waals surface area (Å²) in [5.41, 5.74) is 2.78. The molecule has 2 rings (SSSR count). The van der Waals surface area contributed by atoms with Crippen molar-refractivity contribution < 1.29 is 0 Å². The van der Waals surface area contributed by atoms with Gasteiger partial charge in [-0.3, -0.25) is 0 Å². The van der Waals surface area contributed by atoms with Gasteiger partial charge in [0, 0.05) is 22.9 Å². The third-order valence-electron chi connectivity index (χ3n) is 2.30. The van der Waals surface area contributed by atoms with E-state index >= 15 is 0 Å². The van der Waals surface area contributed by atoms with Gasteiger partial charge in [-0.05, 0) is 28.5 Å². The van der Waals surface area contributed by atoms with Gasteiger partial charge in [0.15, 0.2) is 0 Å². The first-order valence-corrected chi connectivity index (χ1v) is 5.45. The molecule has 1 nitrogen and oxygen atoms in total. The monoisotopic (exact) mass is 203 g/mol. The van der Waals surface area contributed by atoms with E-state index in [2.05, 4.69) is 49.2 Å². The Morgan fingerprint density at radius 1 is 1.29 bits per heavy atom. The predicted molar refractivity (Wildman–Crippen MR) is 62.9 cm³/mol. The smallest absolute Gasteiger partial charge is 0.0395 e. The Bertz CT molecular complexity index is 420. The molecule has 0 N–H and O–H groups in total. The van der Waals surface area contributed by atoms with Crippen LogP contribution in [0.4, 0.5) is 0 Å². The maximum absolute atomic E-state index is 4.05. The SMILES string of the molecule is CC(C)(C)c1ccc2c(c1)SN=C=C2. The number of rotatable bonds is 0. The molecule has 0 aromatic heterocycles. The average Bonchev–Trinajstić information content (AvgIpc) is 2.16. The minimum absolute atomic E-state index is 0.209. The van der Waals surface area contributed by atoms with Crippen LogP contribution in [0.3, 0.4) is 0 Å². The Morgan fingerprint density at radius 2 is 2.07 bits per heavy atom. The molecule has 0 radical (unpaired) electrons. The van der Waals surface area contributed by atoms with E-state index < -0.39 is 0 Å². The van der Waals surface area contributed by atoms with Crippen LogP contribution in [-0.2, 0) is 5.41 Å². The van der Waals surface area contributed by atoms with E-state index in [1.165, 1.54) is 28.0 Å². The van der Waals surface area contributed by atoms with Crippen LogP contribution in [0.15, 0.2) is 27.5 Å². The van der Waals surface area contributed by atoms with Gasteiger partial charge in [-0.25, -0.2) is 0 Å². The molecule has 1 aromatic rings. The lowest BCUT2D eigenvalue weighted by atomic mass is 9.86. The predicted octanol–water partition coefficient (Wildman–Crippen LogP) is 3.69. The van der Waals surface area contributed by atoms with Crippen molar-refractivity contribution in [1.82, 2.24) is 0 Å². The van der Waals surface area contributed by atoms with Gasteiger partial charge >= 0.3 is 0 Å². The van der Waals surface area contributed by atoms with Gasteiger partial charge in [0.2, 0.25) is 0 Å². The van der Waals surface area contributed by atoms with E-state index in [0.717, 1.165) is 0 Å². The zero-order valence-electron chi connectivity index (χ0n) is 8.66. The third kappa shape index (κ3) is 1.77. The van der Waals surface area contributed by atoms with Crippen molar-refractivity contribution in [1.29, 1.82) is 0 Å². The van der Waals surface area contributed by atoms with E-state index in [1.54, 1.807) is 0 Å². The van der Waals surface area contributed by atoms with Crippen molar-refractivity contribution in [3.8, 4) is 0 Å². The minimum Gasteiger partial charge on any atom is -0.168 e. The normalized spacial score (nSPS) is 14.2. The van der Waals surface area contributed by atoms with Crippen LogP contribution in [0.1, 0.15) is 31.9 Å². The maximum atomic E-state index is 4.05.